The molecule has 2 saturated heterocycles. The Kier molecular flexibility index (Phi) is 9.25. The Morgan fingerprint density at radius 3 is 2.20 bits per heavy atom. The van der Waals surface area contributed by atoms with Crippen LogP contribution in [0.25, 0.3) is 11.4 Å². The first kappa shape index (κ1) is 28.4. The number of aryl methyl sites for hydroxylation is 3. The van der Waals surface area contributed by atoms with Crippen molar-refractivity contribution in [2.75, 3.05) is 38.8 Å². The van der Waals surface area contributed by atoms with E-state index in [-0.39, 0.29) is 0 Å². The van der Waals surface area contributed by atoms with E-state index in [4.69, 9.17) is 19.4 Å². The zero-order chi connectivity index (χ0) is 28.1. The molecular formula is C34H46N4O2. The van der Waals surface area contributed by atoms with E-state index >= 15 is 0 Å². The Morgan fingerprint density at radius 2 is 1.52 bits per heavy atom. The highest BCUT2D eigenvalue weighted by atomic mass is 16.5. The average molecular weight is 543 g/mol. The van der Waals surface area contributed by atoms with Gasteiger partial charge in [0.05, 0.1) is 14.2 Å². The number of nitrogens with zero attached hydrogens (tertiary/aromatic N) is 4. The molecule has 0 saturated carbocycles. The van der Waals surface area contributed by atoms with E-state index in [0.29, 0.717) is 6.04 Å². The van der Waals surface area contributed by atoms with Crippen LogP contribution in [0.3, 0.4) is 0 Å². The number of hydrogen-bond donors (Lipinski definition) is 0. The standard InChI is InChI=1S/C34H46N4O2/c1-6-25-14-13-15-26(7-2)32(25)33-35-24(3)28(34(36-33)37-19-10-8-11-20-37)23-38-21-12-9-16-29(38)27-17-18-30(39-4)31(22-27)40-5/h13-15,17-18,22,29H,6-12,16,19-21,23H2,1-5H3. The Bertz CT molecular complexity index is 1280. The number of methoxy groups -OCH3 is 2. The van der Waals surface area contributed by atoms with Crippen molar-refractivity contribution in [3.05, 3.63) is 64.3 Å². The molecule has 0 radical (unpaired) electrons. The summed E-state index contributed by atoms with van der Waals surface area (Å²) >= 11 is 0. The second-order valence-corrected chi connectivity index (χ2v) is 11.2. The van der Waals surface area contributed by atoms with E-state index in [9.17, 15) is 0 Å². The molecule has 2 aliphatic rings. The predicted molar refractivity (Wildman–Crippen MR) is 164 cm³/mol. The lowest BCUT2D eigenvalue weighted by atomic mass is 9.94. The Labute approximate surface area is 240 Å². The van der Waals surface area contributed by atoms with E-state index in [0.717, 1.165) is 74.3 Å². The summed E-state index contributed by atoms with van der Waals surface area (Å²) in [5.41, 5.74) is 7.58. The summed E-state index contributed by atoms with van der Waals surface area (Å²) in [4.78, 5) is 15.8. The van der Waals surface area contributed by atoms with Crippen LogP contribution < -0.4 is 14.4 Å². The van der Waals surface area contributed by atoms with Gasteiger partial charge in [-0.1, -0.05) is 44.5 Å². The van der Waals surface area contributed by atoms with Gasteiger partial charge in [-0.15, -0.1) is 0 Å². The monoisotopic (exact) mass is 542 g/mol. The van der Waals surface area contributed by atoms with Crippen LogP contribution >= 0.6 is 0 Å². The SMILES string of the molecule is CCc1cccc(CC)c1-c1nc(C)c(CN2CCCCC2c2ccc(OC)c(OC)c2)c(N2CCCCC2)n1. The van der Waals surface area contributed by atoms with Gasteiger partial charge < -0.3 is 14.4 Å². The Hall–Kier alpha value is -3.12. The van der Waals surface area contributed by atoms with Gasteiger partial charge in [0.2, 0.25) is 0 Å². The molecule has 0 spiro atoms. The molecule has 6 heteroatoms. The van der Waals surface area contributed by atoms with Crippen molar-refractivity contribution in [3.8, 4) is 22.9 Å². The summed E-state index contributed by atoms with van der Waals surface area (Å²) < 4.78 is 11.2. The summed E-state index contributed by atoms with van der Waals surface area (Å²) in [6.07, 6.45) is 9.29. The molecule has 3 heterocycles. The molecule has 1 atom stereocenters. The summed E-state index contributed by atoms with van der Waals surface area (Å²) in [6, 6.07) is 13.4. The molecule has 214 valence electrons. The first-order valence-electron chi connectivity index (χ1n) is 15.3. The van der Waals surface area contributed by atoms with Crippen molar-refractivity contribution < 1.29 is 9.47 Å². The van der Waals surface area contributed by atoms with Gasteiger partial charge >= 0.3 is 0 Å². The van der Waals surface area contributed by atoms with Gasteiger partial charge in [-0.25, -0.2) is 9.97 Å². The lowest BCUT2D eigenvalue weighted by Gasteiger charge is -2.38. The summed E-state index contributed by atoms with van der Waals surface area (Å²) in [7, 11) is 3.41. The van der Waals surface area contributed by atoms with Crippen molar-refractivity contribution >= 4 is 5.82 Å². The van der Waals surface area contributed by atoms with Crippen molar-refractivity contribution in [1.82, 2.24) is 14.9 Å². The van der Waals surface area contributed by atoms with Gasteiger partial charge in [0.25, 0.3) is 0 Å². The Balaban J connectivity index is 1.56. The molecule has 5 rings (SSSR count). The van der Waals surface area contributed by atoms with Crippen molar-refractivity contribution in [3.63, 3.8) is 0 Å². The number of piperidine rings is 2. The van der Waals surface area contributed by atoms with Gasteiger partial charge in [-0.3, -0.25) is 4.90 Å². The first-order valence-corrected chi connectivity index (χ1v) is 15.3. The van der Waals surface area contributed by atoms with Crippen LogP contribution in [0.5, 0.6) is 11.5 Å². The number of likely N-dealkylation sites (tertiary alicyclic amines) is 1. The normalized spacial score (nSPS) is 18.1. The van der Waals surface area contributed by atoms with Gasteiger partial charge in [-0.05, 0) is 87.2 Å². The van der Waals surface area contributed by atoms with Gasteiger partial charge in [0.15, 0.2) is 17.3 Å². The van der Waals surface area contributed by atoms with E-state index in [2.05, 4.69) is 60.9 Å². The molecule has 1 aromatic heterocycles. The zero-order valence-electron chi connectivity index (χ0n) is 25.1. The van der Waals surface area contributed by atoms with Crippen LogP contribution in [0.2, 0.25) is 0 Å². The second-order valence-electron chi connectivity index (χ2n) is 11.2. The summed E-state index contributed by atoms with van der Waals surface area (Å²) in [6.45, 7) is 10.7. The fraction of sp³-hybridized carbons (Fsp3) is 0.529. The third-order valence-corrected chi connectivity index (χ3v) is 8.84. The number of hydrogen-bond acceptors (Lipinski definition) is 6. The lowest BCUT2D eigenvalue weighted by Crippen LogP contribution is -2.36. The highest BCUT2D eigenvalue weighted by Crippen LogP contribution is 2.39. The number of rotatable bonds is 9. The van der Waals surface area contributed by atoms with Crippen molar-refractivity contribution in [2.45, 2.75) is 84.7 Å². The maximum absolute atomic E-state index is 5.66. The van der Waals surface area contributed by atoms with Gasteiger partial charge in [-0.2, -0.15) is 0 Å². The summed E-state index contributed by atoms with van der Waals surface area (Å²) in [5.74, 6) is 3.61. The number of ether oxygens (including phenoxy) is 2. The maximum atomic E-state index is 5.66. The lowest BCUT2D eigenvalue weighted by molar-refractivity contribution is 0.139. The topological polar surface area (TPSA) is 50.7 Å². The van der Waals surface area contributed by atoms with Crippen LogP contribution in [0, 0.1) is 6.92 Å². The number of anilines is 1. The largest absolute Gasteiger partial charge is 0.493 e. The van der Waals surface area contributed by atoms with E-state index in [1.807, 2.05) is 6.07 Å². The third-order valence-electron chi connectivity index (χ3n) is 8.84. The molecule has 6 nitrogen and oxygen atoms in total. The third kappa shape index (κ3) is 5.83. The molecule has 1 unspecified atom stereocenters. The van der Waals surface area contributed by atoms with Crippen LogP contribution in [0.4, 0.5) is 5.82 Å². The van der Waals surface area contributed by atoms with E-state index in [1.165, 1.54) is 59.9 Å². The zero-order valence-corrected chi connectivity index (χ0v) is 25.1. The van der Waals surface area contributed by atoms with Gasteiger partial charge in [0.1, 0.15) is 5.82 Å². The summed E-state index contributed by atoms with van der Waals surface area (Å²) in [5, 5.41) is 0. The average Bonchev–Trinajstić information content (AvgIpc) is 3.01. The maximum Gasteiger partial charge on any atom is 0.162 e. The number of aromatic nitrogens is 2. The van der Waals surface area contributed by atoms with E-state index < -0.39 is 0 Å². The minimum absolute atomic E-state index is 0.328. The minimum atomic E-state index is 0.328. The molecular weight excluding hydrogens is 496 g/mol. The van der Waals surface area contributed by atoms with E-state index in [1.54, 1.807) is 14.2 Å². The Morgan fingerprint density at radius 1 is 0.825 bits per heavy atom. The van der Waals surface area contributed by atoms with Crippen LogP contribution in [-0.2, 0) is 19.4 Å². The minimum Gasteiger partial charge on any atom is -0.493 e. The molecule has 0 aliphatic carbocycles. The highest BCUT2D eigenvalue weighted by molar-refractivity contribution is 5.68. The van der Waals surface area contributed by atoms with Gasteiger partial charge in [0, 0.05) is 42.5 Å². The molecule has 2 aliphatic heterocycles. The van der Waals surface area contributed by atoms with Crippen molar-refractivity contribution in [2.24, 2.45) is 0 Å². The molecule has 0 N–H and O–H groups in total. The van der Waals surface area contributed by atoms with Crippen LogP contribution in [-0.4, -0.2) is 48.7 Å². The molecule has 0 amide bonds. The smallest absolute Gasteiger partial charge is 0.162 e. The first-order chi connectivity index (χ1) is 19.6. The molecule has 0 bridgehead atoms. The number of benzene rings is 2. The fourth-order valence-corrected chi connectivity index (χ4v) is 6.60. The second kappa shape index (κ2) is 13.0. The quantitative estimate of drug-likeness (QED) is 0.283. The van der Waals surface area contributed by atoms with Crippen molar-refractivity contribution in [1.29, 1.82) is 0 Å². The highest BCUT2D eigenvalue weighted by Gasteiger charge is 2.29. The molecule has 2 aromatic carbocycles. The van der Waals surface area contributed by atoms with Crippen LogP contribution in [0.15, 0.2) is 36.4 Å². The molecule has 3 aromatic rings. The predicted octanol–water partition coefficient (Wildman–Crippen LogP) is 7.31. The molecule has 2 fully saturated rings. The fourth-order valence-electron chi connectivity index (χ4n) is 6.60. The van der Waals surface area contributed by atoms with Crippen LogP contribution in [0.1, 0.15) is 86.4 Å². The molecule has 40 heavy (non-hydrogen) atoms.